The minimum atomic E-state index is -0.735. The Bertz CT molecular complexity index is 1320. The van der Waals surface area contributed by atoms with Crippen LogP contribution in [-0.4, -0.2) is 55.0 Å². The molecule has 0 spiro atoms. The number of rotatable bonds is 15. The molecule has 1 amide bonds. The molecule has 5 nitrogen and oxygen atoms in total. The average Bonchev–Trinajstić information content (AvgIpc) is 2.97. The van der Waals surface area contributed by atoms with E-state index >= 15 is 0 Å². The molecule has 0 aliphatic heterocycles. The molecule has 0 saturated carbocycles. The first kappa shape index (κ1) is 32.3. The summed E-state index contributed by atoms with van der Waals surface area (Å²) in [5.74, 6) is -1.20. The Morgan fingerprint density at radius 2 is 1.80 bits per heavy atom. The Hall–Kier alpha value is -3.23. The van der Waals surface area contributed by atoms with Crippen LogP contribution in [0.15, 0.2) is 60.7 Å². The lowest BCUT2D eigenvalue weighted by Crippen LogP contribution is -2.42. The summed E-state index contributed by atoms with van der Waals surface area (Å²) in [5, 5.41) is 2.88. The van der Waals surface area contributed by atoms with Crippen molar-refractivity contribution in [1.29, 1.82) is 0 Å². The maximum Gasteiger partial charge on any atom is 0.328 e. The third-order valence-electron chi connectivity index (χ3n) is 7.11. The molecular weight excluding hydrogens is 542 g/mol. The topological polar surface area (TPSA) is 58.6 Å². The highest BCUT2D eigenvalue weighted by molar-refractivity contribution is 7.98. The monoisotopic (exact) mass is 582 g/mol. The molecule has 0 heterocycles. The number of halogens is 2. The Morgan fingerprint density at radius 3 is 2.49 bits per heavy atom. The summed E-state index contributed by atoms with van der Waals surface area (Å²) < 4.78 is 32.6. The lowest BCUT2D eigenvalue weighted by atomic mass is 9.93. The van der Waals surface area contributed by atoms with Gasteiger partial charge in [0.2, 0.25) is 0 Å². The van der Waals surface area contributed by atoms with E-state index < -0.39 is 23.6 Å². The molecule has 3 rings (SSSR count). The maximum absolute atomic E-state index is 14.3. The standard InChI is InChI=1S/C33H40F2N2O3S/c1-5-6-17-37(18-15-25-12-13-26(34)21-30(25)35)22-24-11-14-28(29(20-24)27-10-8-7-9-23(27)2)32(38)36-31(16-19-41-4)33(39)40-3/h7-14,20-21,31H,5-6,15-19,22H2,1-4H3,(H,36,38)/t31-/m0/s1. The van der Waals surface area contributed by atoms with Crippen molar-refractivity contribution in [1.82, 2.24) is 10.2 Å². The second-order valence-corrected chi connectivity index (χ2v) is 11.1. The highest BCUT2D eigenvalue weighted by Crippen LogP contribution is 2.29. The lowest BCUT2D eigenvalue weighted by Gasteiger charge is -2.24. The Labute approximate surface area is 246 Å². The Kier molecular flexibility index (Phi) is 12.8. The van der Waals surface area contributed by atoms with Crippen LogP contribution < -0.4 is 5.32 Å². The minimum Gasteiger partial charge on any atom is -0.467 e. The highest BCUT2D eigenvalue weighted by Gasteiger charge is 2.24. The summed E-state index contributed by atoms with van der Waals surface area (Å²) in [6, 6.07) is 16.7. The van der Waals surface area contributed by atoms with E-state index in [9.17, 15) is 18.4 Å². The van der Waals surface area contributed by atoms with Crippen molar-refractivity contribution in [2.24, 2.45) is 0 Å². The first-order chi connectivity index (χ1) is 19.8. The molecule has 0 aliphatic carbocycles. The summed E-state index contributed by atoms with van der Waals surface area (Å²) in [5.41, 5.74) is 4.73. The molecule has 1 N–H and O–H groups in total. The summed E-state index contributed by atoms with van der Waals surface area (Å²) in [6.45, 7) is 6.19. The van der Waals surface area contributed by atoms with Crippen LogP contribution >= 0.6 is 11.8 Å². The predicted molar refractivity (Wildman–Crippen MR) is 163 cm³/mol. The summed E-state index contributed by atoms with van der Waals surface area (Å²) in [6.07, 6.45) is 4.89. The van der Waals surface area contributed by atoms with Crippen molar-refractivity contribution >= 4 is 23.6 Å². The zero-order valence-corrected chi connectivity index (χ0v) is 25.2. The molecule has 0 fully saturated rings. The van der Waals surface area contributed by atoms with E-state index in [0.29, 0.717) is 42.8 Å². The number of carbonyl (C=O) groups excluding carboxylic acids is 2. The fourth-order valence-electron chi connectivity index (χ4n) is 4.76. The molecule has 0 bridgehead atoms. The van der Waals surface area contributed by atoms with E-state index in [0.717, 1.165) is 47.7 Å². The van der Waals surface area contributed by atoms with Crippen LogP contribution in [0.3, 0.4) is 0 Å². The zero-order chi connectivity index (χ0) is 29.8. The number of amides is 1. The van der Waals surface area contributed by atoms with E-state index in [-0.39, 0.29) is 5.91 Å². The molecule has 8 heteroatoms. The van der Waals surface area contributed by atoms with Crippen LogP contribution in [0.2, 0.25) is 0 Å². The van der Waals surface area contributed by atoms with Crippen molar-refractivity contribution in [2.45, 2.75) is 52.1 Å². The van der Waals surface area contributed by atoms with E-state index in [1.54, 1.807) is 11.8 Å². The second kappa shape index (κ2) is 16.3. The van der Waals surface area contributed by atoms with Crippen molar-refractivity contribution in [3.05, 3.63) is 94.6 Å². The Balaban J connectivity index is 1.90. The van der Waals surface area contributed by atoms with Gasteiger partial charge < -0.3 is 10.1 Å². The third-order valence-corrected chi connectivity index (χ3v) is 7.76. The van der Waals surface area contributed by atoms with E-state index in [1.807, 2.05) is 55.6 Å². The number of unbranched alkanes of at least 4 members (excludes halogenated alkanes) is 1. The first-order valence-electron chi connectivity index (χ1n) is 14.0. The second-order valence-electron chi connectivity index (χ2n) is 10.1. The number of thioether (sulfide) groups is 1. The molecule has 0 aliphatic rings. The number of hydrogen-bond acceptors (Lipinski definition) is 5. The predicted octanol–water partition coefficient (Wildman–Crippen LogP) is 6.81. The van der Waals surface area contributed by atoms with Crippen LogP contribution in [0, 0.1) is 18.6 Å². The Morgan fingerprint density at radius 1 is 1.02 bits per heavy atom. The van der Waals surface area contributed by atoms with E-state index in [4.69, 9.17) is 4.74 Å². The molecule has 0 saturated heterocycles. The highest BCUT2D eigenvalue weighted by atomic mass is 32.2. The first-order valence-corrected chi connectivity index (χ1v) is 15.4. The third kappa shape index (κ3) is 9.40. The van der Waals surface area contributed by atoms with Crippen LogP contribution in [0.25, 0.3) is 11.1 Å². The van der Waals surface area contributed by atoms with Gasteiger partial charge in [0.25, 0.3) is 5.91 Å². The van der Waals surface area contributed by atoms with Crippen molar-refractivity contribution < 1.29 is 23.1 Å². The van der Waals surface area contributed by atoms with Crippen LogP contribution in [0.1, 0.15) is 53.2 Å². The molecule has 41 heavy (non-hydrogen) atoms. The number of nitrogens with one attached hydrogen (secondary N) is 1. The van der Waals surface area contributed by atoms with Gasteiger partial charge in [-0.2, -0.15) is 11.8 Å². The van der Waals surface area contributed by atoms with Gasteiger partial charge in [0, 0.05) is 24.7 Å². The summed E-state index contributed by atoms with van der Waals surface area (Å²) in [4.78, 5) is 28.2. The van der Waals surface area contributed by atoms with Crippen LogP contribution in [0.4, 0.5) is 8.78 Å². The number of benzene rings is 3. The van der Waals surface area contributed by atoms with Gasteiger partial charge in [0.05, 0.1) is 7.11 Å². The number of nitrogens with zero attached hydrogens (tertiary/aromatic N) is 1. The lowest BCUT2D eigenvalue weighted by molar-refractivity contribution is -0.142. The zero-order valence-electron chi connectivity index (χ0n) is 24.3. The fraction of sp³-hybridized carbons (Fsp3) is 0.394. The van der Waals surface area contributed by atoms with Gasteiger partial charge in [-0.1, -0.05) is 49.7 Å². The SMILES string of the molecule is CCCCN(CCc1ccc(F)cc1F)Cc1ccc(C(=O)N[C@@H](CCSC)C(=O)OC)c(-c2ccccc2C)c1. The number of aryl methyl sites for hydroxylation is 1. The van der Waals surface area contributed by atoms with Gasteiger partial charge in [0.1, 0.15) is 17.7 Å². The molecule has 1 atom stereocenters. The van der Waals surface area contributed by atoms with Crippen LogP contribution in [-0.2, 0) is 22.5 Å². The number of carbonyl (C=O) groups is 2. The molecule has 0 radical (unpaired) electrons. The molecule has 3 aromatic carbocycles. The van der Waals surface area contributed by atoms with Gasteiger partial charge >= 0.3 is 5.97 Å². The summed E-state index contributed by atoms with van der Waals surface area (Å²) in [7, 11) is 1.32. The van der Waals surface area contributed by atoms with Crippen molar-refractivity contribution in [2.75, 3.05) is 32.2 Å². The van der Waals surface area contributed by atoms with Gasteiger partial charge in [0.15, 0.2) is 0 Å². The van der Waals surface area contributed by atoms with E-state index in [1.165, 1.54) is 19.2 Å². The van der Waals surface area contributed by atoms with Gasteiger partial charge in [-0.25, -0.2) is 13.6 Å². The van der Waals surface area contributed by atoms with Gasteiger partial charge in [-0.3, -0.25) is 9.69 Å². The smallest absolute Gasteiger partial charge is 0.328 e. The largest absolute Gasteiger partial charge is 0.467 e. The van der Waals surface area contributed by atoms with Gasteiger partial charge in [-0.05, 0) is 90.8 Å². The molecular formula is C33H40F2N2O3S. The molecule has 0 unspecified atom stereocenters. The van der Waals surface area contributed by atoms with Gasteiger partial charge in [-0.15, -0.1) is 0 Å². The number of ether oxygens (including phenoxy) is 1. The molecule has 3 aromatic rings. The normalized spacial score (nSPS) is 11.9. The molecule has 220 valence electrons. The maximum atomic E-state index is 14.3. The number of hydrogen-bond donors (Lipinski definition) is 1. The van der Waals surface area contributed by atoms with Crippen molar-refractivity contribution in [3.8, 4) is 11.1 Å². The number of esters is 1. The fourth-order valence-corrected chi connectivity index (χ4v) is 5.23. The quantitative estimate of drug-likeness (QED) is 0.200. The molecule has 0 aromatic heterocycles. The summed E-state index contributed by atoms with van der Waals surface area (Å²) >= 11 is 1.60. The average molecular weight is 583 g/mol. The van der Waals surface area contributed by atoms with E-state index in [2.05, 4.69) is 17.1 Å². The van der Waals surface area contributed by atoms with Crippen LogP contribution in [0.5, 0.6) is 0 Å². The minimum absolute atomic E-state index is 0.332. The number of methoxy groups -OCH3 is 1. The van der Waals surface area contributed by atoms with Crippen molar-refractivity contribution in [3.63, 3.8) is 0 Å².